The number of hydrogen-bond acceptors (Lipinski definition) is 6. The van der Waals surface area contributed by atoms with Crippen LogP contribution in [0.15, 0.2) is 42.5 Å². The van der Waals surface area contributed by atoms with Gasteiger partial charge in [0.15, 0.2) is 0 Å². The first-order valence-electron chi connectivity index (χ1n) is 9.70. The molecule has 0 saturated heterocycles. The van der Waals surface area contributed by atoms with E-state index < -0.39 is 10.1 Å². The summed E-state index contributed by atoms with van der Waals surface area (Å²) >= 11 is 0. The molecule has 0 radical (unpaired) electrons. The lowest BCUT2D eigenvalue weighted by Gasteiger charge is -2.25. The summed E-state index contributed by atoms with van der Waals surface area (Å²) in [6.07, 6.45) is 0. The molecular formula is C22H29NO6S. The Morgan fingerprint density at radius 2 is 1.63 bits per heavy atom. The van der Waals surface area contributed by atoms with Crippen molar-refractivity contribution in [2.24, 2.45) is 5.92 Å². The fraction of sp³-hybridized carbons (Fsp3) is 0.409. The Labute approximate surface area is 178 Å². The zero-order chi connectivity index (χ0) is 22.3. The first-order valence-corrected chi connectivity index (χ1v) is 11.3. The number of rotatable bonds is 10. The van der Waals surface area contributed by atoms with Gasteiger partial charge in [0.05, 0.1) is 20.0 Å². The highest BCUT2D eigenvalue weighted by Gasteiger charge is 2.20. The first kappa shape index (κ1) is 23.5. The minimum atomic E-state index is -3.62. The Kier molecular flexibility index (Phi) is 8.11. The van der Waals surface area contributed by atoms with E-state index in [1.165, 1.54) is 21.1 Å². The molecule has 0 spiro atoms. The molecule has 2 aromatic carbocycles. The molecule has 0 fully saturated rings. The van der Waals surface area contributed by atoms with Gasteiger partial charge in [0, 0.05) is 24.7 Å². The third-order valence-electron chi connectivity index (χ3n) is 4.32. The number of ether oxygens (including phenoxy) is 2. The average Bonchev–Trinajstić information content (AvgIpc) is 2.71. The second-order valence-corrected chi connectivity index (χ2v) is 9.12. The summed E-state index contributed by atoms with van der Waals surface area (Å²) in [7, 11) is -0.555. The second-order valence-electron chi connectivity index (χ2n) is 7.26. The molecule has 0 saturated carbocycles. The van der Waals surface area contributed by atoms with Gasteiger partial charge in [-0.15, -0.1) is 0 Å². The van der Waals surface area contributed by atoms with E-state index in [1.807, 2.05) is 19.9 Å². The molecule has 0 aromatic heterocycles. The van der Waals surface area contributed by atoms with E-state index in [2.05, 4.69) is 0 Å². The fourth-order valence-corrected chi connectivity index (χ4v) is 3.41. The molecule has 0 bridgehead atoms. The standard InChI is InChI=1S/C22H29NO6S/c1-6-30(25,26)29-19-9-7-8-17(10-19)15-23(14-16(2)3)22(24)18-11-20(27-4)13-21(12-18)28-5/h7-13,16H,6,14-15H2,1-5H3. The summed E-state index contributed by atoms with van der Waals surface area (Å²) in [5.41, 5.74) is 1.22. The molecule has 0 aliphatic carbocycles. The monoisotopic (exact) mass is 435 g/mol. The molecule has 8 heteroatoms. The molecule has 7 nitrogen and oxygen atoms in total. The minimum Gasteiger partial charge on any atom is -0.497 e. The van der Waals surface area contributed by atoms with Crippen LogP contribution in [0.1, 0.15) is 36.7 Å². The number of nitrogens with zero attached hydrogens (tertiary/aromatic N) is 1. The van der Waals surface area contributed by atoms with Crippen molar-refractivity contribution >= 4 is 16.0 Å². The van der Waals surface area contributed by atoms with Crippen LogP contribution in [0, 0.1) is 5.92 Å². The van der Waals surface area contributed by atoms with Gasteiger partial charge < -0.3 is 18.6 Å². The molecule has 0 atom stereocenters. The molecule has 0 unspecified atom stereocenters. The quantitative estimate of drug-likeness (QED) is 0.529. The van der Waals surface area contributed by atoms with Gasteiger partial charge >= 0.3 is 10.1 Å². The molecule has 30 heavy (non-hydrogen) atoms. The summed E-state index contributed by atoms with van der Waals surface area (Å²) in [4.78, 5) is 15.0. The van der Waals surface area contributed by atoms with Gasteiger partial charge in [0.2, 0.25) is 0 Å². The van der Waals surface area contributed by atoms with E-state index in [1.54, 1.807) is 41.3 Å². The van der Waals surface area contributed by atoms with E-state index in [0.717, 1.165) is 5.56 Å². The number of amides is 1. The molecule has 2 aromatic rings. The molecule has 0 heterocycles. The van der Waals surface area contributed by atoms with Crippen LogP contribution in [-0.4, -0.2) is 45.7 Å². The molecular weight excluding hydrogens is 406 g/mol. The first-order chi connectivity index (χ1) is 14.2. The van der Waals surface area contributed by atoms with Gasteiger partial charge in [-0.3, -0.25) is 4.79 Å². The zero-order valence-electron chi connectivity index (χ0n) is 18.0. The number of carbonyl (C=O) groups excluding carboxylic acids is 1. The molecule has 0 aliphatic rings. The van der Waals surface area contributed by atoms with Gasteiger partial charge in [0.25, 0.3) is 5.91 Å². The van der Waals surface area contributed by atoms with Gasteiger partial charge in [-0.25, -0.2) is 0 Å². The Bertz CT molecular complexity index is 949. The van der Waals surface area contributed by atoms with E-state index in [-0.39, 0.29) is 23.3 Å². The minimum absolute atomic E-state index is 0.118. The van der Waals surface area contributed by atoms with Crippen LogP contribution >= 0.6 is 0 Å². The number of hydrogen-bond donors (Lipinski definition) is 0. The lowest BCUT2D eigenvalue weighted by atomic mass is 10.1. The van der Waals surface area contributed by atoms with Crippen molar-refractivity contribution in [2.45, 2.75) is 27.3 Å². The van der Waals surface area contributed by atoms with Gasteiger partial charge in [-0.1, -0.05) is 26.0 Å². The Balaban J connectivity index is 2.32. The smallest absolute Gasteiger partial charge is 0.308 e. The van der Waals surface area contributed by atoms with Crippen molar-refractivity contribution in [1.82, 2.24) is 4.90 Å². The number of methoxy groups -OCH3 is 2. The maximum atomic E-state index is 13.3. The van der Waals surface area contributed by atoms with E-state index in [4.69, 9.17) is 13.7 Å². The predicted molar refractivity (Wildman–Crippen MR) is 116 cm³/mol. The normalized spacial score (nSPS) is 11.3. The van der Waals surface area contributed by atoms with Gasteiger partial charge in [-0.05, 0) is 42.7 Å². The van der Waals surface area contributed by atoms with Crippen molar-refractivity contribution < 1.29 is 26.9 Å². The van der Waals surface area contributed by atoms with Crippen molar-refractivity contribution in [3.63, 3.8) is 0 Å². The van der Waals surface area contributed by atoms with Crippen LogP contribution in [0.3, 0.4) is 0 Å². The van der Waals surface area contributed by atoms with Crippen LogP contribution in [0.5, 0.6) is 17.2 Å². The lowest BCUT2D eigenvalue weighted by Crippen LogP contribution is -2.33. The van der Waals surface area contributed by atoms with E-state index >= 15 is 0 Å². The molecule has 0 N–H and O–H groups in total. The summed E-state index contributed by atoms with van der Waals surface area (Å²) < 4.78 is 39.1. The third-order valence-corrected chi connectivity index (χ3v) is 5.47. The van der Waals surface area contributed by atoms with Gasteiger partial charge in [0.1, 0.15) is 17.2 Å². The van der Waals surface area contributed by atoms with E-state index in [9.17, 15) is 13.2 Å². The molecule has 164 valence electrons. The largest absolute Gasteiger partial charge is 0.497 e. The highest BCUT2D eigenvalue weighted by Crippen LogP contribution is 2.25. The maximum Gasteiger partial charge on any atom is 0.308 e. The predicted octanol–water partition coefficient (Wildman–Crippen LogP) is 3.73. The second kappa shape index (κ2) is 10.3. The highest BCUT2D eigenvalue weighted by molar-refractivity contribution is 7.87. The SMILES string of the molecule is CCS(=O)(=O)Oc1cccc(CN(CC(C)C)C(=O)c2cc(OC)cc(OC)c2)c1. The summed E-state index contributed by atoms with van der Waals surface area (Å²) in [5, 5.41) is 0. The van der Waals surface area contributed by atoms with E-state index in [0.29, 0.717) is 30.2 Å². The average molecular weight is 436 g/mol. The third kappa shape index (κ3) is 6.66. The van der Waals surface area contributed by atoms with Crippen LogP contribution in [0.2, 0.25) is 0 Å². The van der Waals surface area contributed by atoms with Crippen LogP contribution in [0.4, 0.5) is 0 Å². The van der Waals surface area contributed by atoms with Crippen LogP contribution in [0.25, 0.3) is 0 Å². The fourth-order valence-electron chi connectivity index (χ4n) is 2.90. The topological polar surface area (TPSA) is 82.1 Å². The molecule has 0 aliphatic heterocycles. The van der Waals surface area contributed by atoms with Gasteiger partial charge in [-0.2, -0.15) is 8.42 Å². The Morgan fingerprint density at radius 3 is 2.17 bits per heavy atom. The summed E-state index contributed by atoms with van der Waals surface area (Å²) in [6, 6.07) is 11.8. The summed E-state index contributed by atoms with van der Waals surface area (Å²) in [5.74, 6) is 1.24. The molecule has 1 amide bonds. The highest BCUT2D eigenvalue weighted by atomic mass is 32.2. The molecule has 2 rings (SSSR count). The van der Waals surface area contributed by atoms with Crippen molar-refractivity contribution in [3.8, 4) is 17.2 Å². The lowest BCUT2D eigenvalue weighted by molar-refractivity contribution is 0.0721. The van der Waals surface area contributed by atoms with Crippen molar-refractivity contribution in [2.75, 3.05) is 26.5 Å². The van der Waals surface area contributed by atoms with Crippen LogP contribution < -0.4 is 13.7 Å². The number of benzene rings is 2. The maximum absolute atomic E-state index is 13.3. The Morgan fingerprint density at radius 1 is 1.00 bits per heavy atom. The van der Waals surface area contributed by atoms with Crippen molar-refractivity contribution in [3.05, 3.63) is 53.6 Å². The van der Waals surface area contributed by atoms with Crippen molar-refractivity contribution in [1.29, 1.82) is 0 Å². The van der Waals surface area contributed by atoms with Crippen LogP contribution in [-0.2, 0) is 16.7 Å². The number of carbonyl (C=O) groups is 1. The Hall–Kier alpha value is -2.74. The zero-order valence-corrected chi connectivity index (χ0v) is 18.9. The summed E-state index contributed by atoms with van der Waals surface area (Å²) in [6.45, 7) is 6.40.